The summed E-state index contributed by atoms with van der Waals surface area (Å²) in [6.07, 6.45) is 1.78. The monoisotopic (exact) mass is 268 g/mol. The Kier molecular flexibility index (Phi) is 3.87. The molecule has 0 aromatic heterocycles. The zero-order valence-corrected chi connectivity index (χ0v) is 10.8. The Morgan fingerprint density at radius 3 is 2.68 bits per heavy atom. The number of rotatable bonds is 7. The summed E-state index contributed by atoms with van der Waals surface area (Å²) in [6, 6.07) is 4.70. The number of ether oxygens (including phenoxy) is 3. The molecule has 0 amide bonds. The predicted octanol–water partition coefficient (Wildman–Crippen LogP) is 2.13. The van der Waals surface area contributed by atoms with E-state index in [0.29, 0.717) is 5.69 Å². The Balaban J connectivity index is 2.18. The molecule has 2 rings (SSSR count). The summed E-state index contributed by atoms with van der Waals surface area (Å²) in [5.74, 6) is 0.180. The first-order chi connectivity index (χ1) is 9.10. The second-order valence-electron chi connectivity index (χ2n) is 4.31. The molecule has 1 fully saturated rings. The van der Waals surface area contributed by atoms with Gasteiger partial charge in [-0.3, -0.25) is 10.1 Å². The van der Waals surface area contributed by atoms with Gasteiger partial charge in [-0.2, -0.15) is 0 Å². The molecule has 19 heavy (non-hydrogen) atoms. The van der Waals surface area contributed by atoms with E-state index < -0.39 is 4.92 Å². The molecule has 1 aliphatic carbocycles. The molecule has 0 heterocycles. The fraction of sp³-hybridized carbons (Fsp3) is 0.500. The first-order valence-electron chi connectivity index (χ1n) is 5.84. The molecule has 0 radical (unpaired) electrons. The van der Waals surface area contributed by atoms with Crippen molar-refractivity contribution < 1.29 is 19.1 Å². The largest absolute Gasteiger partial charge is 0.460 e. The minimum absolute atomic E-state index is 0.0321. The lowest BCUT2D eigenvalue weighted by Gasteiger charge is -2.17. The van der Waals surface area contributed by atoms with E-state index in [1.165, 1.54) is 13.2 Å². The highest BCUT2D eigenvalue weighted by Gasteiger charge is 2.43. The van der Waals surface area contributed by atoms with E-state index in [-0.39, 0.29) is 24.0 Å². The molecule has 1 aromatic carbocycles. The number of nitrogens with one attached hydrogen (secondary N) is 1. The Morgan fingerprint density at radius 2 is 2.16 bits per heavy atom. The molecule has 0 spiro atoms. The molecule has 104 valence electrons. The highest BCUT2D eigenvalue weighted by atomic mass is 16.7. The lowest BCUT2D eigenvalue weighted by molar-refractivity contribution is -0.386. The van der Waals surface area contributed by atoms with Gasteiger partial charge in [-0.25, -0.2) is 0 Å². The molecule has 0 bridgehead atoms. The predicted molar refractivity (Wildman–Crippen MR) is 68.2 cm³/mol. The van der Waals surface area contributed by atoms with E-state index in [1.807, 2.05) is 0 Å². The SMILES string of the molecule is COCOc1ccc(NC2(OC)CC2)cc1[N+](=O)[O-]. The topological polar surface area (TPSA) is 82.9 Å². The number of anilines is 1. The molecule has 0 atom stereocenters. The van der Waals surface area contributed by atoms with Gasteiger partial charge in [0.1, 0.15) is 5.72 Å². The van der Waals surface area contributed by atoms with Crippen LogP contribution in [0.15, 0.2) is 18.2 Å². The van der Waals surface area contributed by atoms with Gasteiger partial charge in [0.2, 0.25) is 0 Å². The van der Waals surface area contributed by atoms with Gasteiger partial charge in [-0.05, 0) is 25.0 Å². The highest BCUT2D eigenvalue weighted by molar-refractivity contribution is 5.59. The van der Waals surface area contributed by atoms with Crippen molar-refractivity contribution in [2.24, 2.45) is 0 Å². The van der Waals surface area contributed by atoms with Crippen molar-refractivity contribution in [3.05, 3.63) is 28.3 Å². The van der Waals surface area contributed by atoms with Crippen molar-refractivity contribution in [1.82, 2.24) is 0 Å². The van der Waals surface area contributed by atoms with Gasteiger partial charge in [0.05, 0.1) is 4.92 Å². The molecular weight excluding hydrogens is 252 g/mol. The maximum Gasteiger partial charge on any atom is 0.313 e. The lowest BCUT2D eigenvalue weighted by atomic mass is 10.2. The third-order valence-corrected chi connectivity index (χ3v) is 2.95. The Labute approximate surface area is 110 Å². The van der Waals surface area contributed by atoms with Gasteiger partial charge in [-0.1, -0.05) is 0 Å². The number of methoxy groups -OCH3 is 2. The summed E-state index contributed by atoms with van der Waals surface area (Å²) in [5, 5.41) is 14.2. The second kappa shape index (κ2) is 5.41. The van der Waals surface area contributed by atoms with E-state index in [0.717, 1.165) is 12.8 Å². The first kappa shape index (κ1) is 13.6. The van der Waals surface area contributed by atoms with Gasteiger partial charge in [-0.15, -0.1) is 0 Å². The molecular formula is C12H16N2O5. The summed E-state index contributed by atoms with van der Waals surface area (Å²) < 4.78 is 15.2. The maximum atomic E-state index is 11.0. The van der Waals surface area contributed by atoms with Crippen LogP contribution in [0.3, 0.4) is 0 Å². The summed E-state index contributed by atoms with van der Waals surface area (Å²) in [5.41, 5.74) is 0.160. The molecule has 7 nitrogen and oxygen atoms in total. The molecule has 0 unspecified atom stereocenters. The van der Waals surface area contributed by atoms with Crippen molar-refractivity contribution in [3.8, 4) is 5.75 Å². The van der Waals surface area contributed by atoms with Crippen LogP contribution in [0.4, 0.5) is 11.4 Å². The zero-order valence-electron chi connectivity index (χ0n) is 10.8. The van der Waals surface area contributed by atoms with Crippen LogP contribution in [0, 0.1) is 10.1 Å². The molecule has 1 N–H and O–H groups in total. The highest BCUT2D eigenvalue weighted by Crippen LogP contribution is 2.40. The quantitative estimate of drug-likeness (QED) is 0.463. The molecule has 1 aromatic rings. The van der Waals surface area contributed by atoms with Crippen molar-refractivity contribution in [1.29, 1.82) is 0 Å². The van der Waals surface area contributed by atoms with Crippen LogP contribution in [0.2, 0.25) is 0 Å². The second-order valence-corrected chi connectivity index (χ2v) is 4.31. The van der Waals surface area contributed by atoms with Crippen LogP contribution < -0.4 is 10.1 Å². The van der Waals surface area contributed by atoms with E-state index in [9.17, 15) is 10.1 Å². The van der Waals surface area contributed by atoms with Gasteiger partial charge < -0.3 is 19.5 Å². The molecule has 7 heteroatoms. The van der Waals surface area contributed by atoms with Crippen LogP contribution >= 0.6 is 0 Å². The number of nitro benzene ring substituents is 1. The van der Waals surface area contributed by atoms with Crippen molar-refractivity contribution >= 4 is 11.4 Å². The number of nitrogens with zero attached hydrogens (tertiary/aromatic N) is 1. The summed E-state index contributed by atoms with van der Waals surface area (Å²) in [7, 11) is 3.07. The zero-order chi connectivity index (χ0) is 13.9. The summed E-state index contributed by atoms with van der Waals surface area (Å²) >= 11 is 0. The molecule has 0 saturated heterocycles. The van der Waals surface area contributed by atoms with Crippen molar-refractivity contribution in [2.75, 3.05) is 26.3 Å². The Morgan fingerprint density at radius 1 is 1.42 bits per heavy atom. The van der Waals surface area contributed by atoms with Crippen molar-refractivity contribution in [3.63, 3.8) is 0 Å². The van der Waals surface area contributed by atoms with Crippen LogP contribution in [-0.4, -0.2) is 31.7 Å². The number of hydrogen-bond acceptors (Lipinski definition) is 6. The minimum atomic E-state index is -0.484. The first-order valence-corrected chi connectivity index (χ1v) is 5.84. The number of nitro groups is 1. The van der Waals surface area contributed by atoms with Gasteiger partial charge in [0, 0.05) is 26.0 Å². The third-order valence-electron chi connectivity index (χ3n) is 2.95. The van der Waals surface area contributed by atoms with Gasteiger partial charge in [0.25, 0.3) is 0 Å². The van der Waals surface area contributed by atoms with Crippen LogP contribution in [0.25, 0.3) is 0 Å². The Bertz CT molecular complexity index is 473. The average Bonchev–Trinajstić information content (AvgIpc) is 3.17. The normalized spacial score (nSPS) is 15.9. The van der Waals surface area contributed by atoms with E-state index in [4.69, 9.17) is 14.2 Å². The molecule has 1 aliphatic rings. The Hall–Kier alpha value is -1.86. The van der Waals surface area contributed by atoms with Crippen LogP contribution in [-0.2, 0) is 9.47 Å². The minimum Gasteiger partial charge on any atom is -0.460 e. The van der Waals surface area contributed by atoms with E-state index >= 15 is 0 Å². The van der Waals surface area contributed by atoms with Gasteiger partial charge >= 0.3 is 5.69 Å². The molecule has 0 aliphatic heterocycles. The standard InChI is InChI=1S/C12H16N2O5/c1-17-8-19-11-4-3-9(7-10(11)14(15)16)13-12(18-2)5-6-12/h3-4,7,13H,5-6,8H2,1-2H3. The van der Waals surface area contributed by atoms with Crippen molar-refractivity contribution in [2.45, 2.75) is 18.6 Å². The summed E-state index contributed by atoms with van der Waals surface area (Å²) in [4.78, 5) is 10.5. The van der Waals surface area contributed by atoms with E-state index in [1.54, 1.807) is 19.2 Å². The average molecular weight is 268 g/mol. The number of benzene rings is 1. The maximum absolute atomic E-state index is 11.0. The van der Waals surface area contributed by atoms with Crippen LogP contribution in [0.1, 0.15) is 12.8 Å². The fourth-order valence-corrected chi connectivity index (χ4v) is 1.74. The number of hydrogen-bond donors (Lipinski definition) is 1. The molecule has 1 saturated carbocycles. The van der Waals surface area contributed by atoms with Gasteiger partial charge in [0.15, 0.2) is 12.5 Å². The van der Waals surface area contributed by atoms with Crippen LogP contribution in [0.5, 0.6) is 5.75 Å². The van der Waals surface area contributed by atoms with E-state index in [2.05, 4.69) is 5.32 Å². The summed E-state index contributed by atoms with van der Waals surface area (Å²) in [6.45, 7) is -0.0321. The fourth-order valence-electron chi connectivity index (χ4n) is 1.74. The lowest BCUT2D eigenvalue weighted by Crippen LogP contribution is -2.23. The third kappa shape index (κ3) is 3.12. The smallest absolute Gasteiger partial charge is 0.313 e.